The van der Waals surface area contributed by atoms with Crippen LogP contribution in [0, 0.1) is 0 Å². The normalized spacial score (nSPS) is 11.7. The fraction of sp³-hybridized carbons (Fsp3) is 0.0645. The number of benzene rings is 1. The second-order valence-corrected chi connectivity index (χ2v) is 9.08. The number of imidazole rings is 1. The molecule has 3 N–H and O–H groups in total. The molecule has 0 radical (unpaired) electrons. The molecule has 0 amide bonds. The minimum absolute atomic E-state index is 0.625. The van der Waals surface area contributed by atoms with Gasteiger partial charge >= 0.3 is 0 Å². The van der Waals surface area contributed by atoms with Gasteiger partial charge in [-0.2, -0.15) is 5.10 Å². The summed E-state index contributed by atoms with van der Waals surface area (Å²) in [6.45, 7) is 8.97. The summed E-state index contributed by atoms with van der Waals surface area (Å²) >= 11 is 0. The number of aromatic nitrogens is 7. The summed E-state index contributed by atoms with van der Waals surface area (Å²) in [7, 11) is 0. The van der Waals surface area contributed by atoms with Crippen molar-refractivity contribution in [3.63, 3.8) is 0 Å². The van der Waals surface area contributed by atoms with Crippen molar-refractivity contribution in [2.45, 2.75) is 6.54 Å². The molecule has 0 spiro atoms. The Morgan fingerprint density at radius 3 is 2.67 bits per heavy atom. The molecule has 0 saturated heterocycles. The van der Waals surface area contributed by atoms with Crippen LogP contribution in [0.15, 0.2) is 110 Å². The molecule has 5 heterocycles. The Morgan fingerprint density at radius 1 is 0.949 bits per heavy atom. The zero-order valence-electron chi connectivity index (χ0n) is 21.2. The Bertz CT molecular complexity index is 1830. The van der Waals surface area contributed by atoms with E-state index in [-0.39, 0.29) is 0 Å². The van der Waals surface area contributed by atoms with Crippen LogP contribution in [0.3, 0.4) is 0 Å². The Labute approximate surface area is 225 Å². The topological polar surface area (TPSA) is 108 Å². The number of para-hydroxylation sites is 1. The highest BCUT2D eigenvalue weighted by atomic mass is 15.2. The van der Waals surface area contributed by atoms with Gasteiger partial charge in [-0.1, -0.05) is 43.5 Å². The van der Waals surface area contributed by atoms with Crippen molar-refractivity contribution in [1.82, 2.24) is 40.4 Å². The van der Waals surface area contributed by atoms with Crippen molar-refractivity contribution >= 4 is 22.1 Å². The average Bonchev–Trinajstić information content (AvgIpc) is 3.61. The summed E-state index contributed by atoms with van der Waals surface area (Å²) in [4.78, 5) is 21.6. The predicted molar refractivity (Wildman–Crippen MR) is 156 cm³/mol. The van der Waals surface area contributed by atoms with Crippen molar-refractivity contribution in [2.24, 2.45) is 0 Å². The van der Waals surface area contributed by atoms with Gasteiger partial charge < -0.3 is 10.3 Å². The van der Waals surface area contributed by atoms with Gasteiger partial charge in [0.2, 0.25) is 0 Å². The molecule has 0 atom stereocenters. The smallest absolute Gasteiger partial charge is 0.181 e. The number of aromatic amines is 2. The highest BCUT2D eigenvalue weighted by Crippen LogP contribution is 2.32. The van der Waals surface area contributed by atoms with E-state index >= 15 is 0 Å². The molecule has 8 heteroatoms. The van der Waals surface area contributed by atoms with Crippen molar-refractivity contribution in [3.05, 3.63) is 116 Å². The van der Waals surface area contributed by atoms with Crippen molar-refractivity contribution < 1.29 is 0 Å². The minimum atomic E-state index is 0.625. The largest absolute Gasteiger partial charge is 0.337 e. The summed E-state index contributed by atoms with van der Waals surface area (Å²) in [5.41, 5.74) is 9.42. The maximum absolute atomic E-state index is 4.95. The second-order valence-electron chi connectivity index (χ2n) is 9.08. The molecular formula is C31H26N8. The fourth-order valence-corrected chi connectivity index (χ4v) is 4.60. The number of nitrogens with zero attached hydrogens (tertiary/aromatic N) is 5. The summed E-state index contributed by atoms with van der Waals surface area (Å²) in [5, 5.41) is 11.9. The Balaban J connectivity index is 1.32. The van der Waals surface area contributed by atoms with E-state index in [2.05, 4.69) is 66.8 Å². The molecule has 0 aliphatic heterocycles. The van der Waals surface area contributed by atoms with Crippen molar-refractivity contribution in [1.29, 1.82) is 0 Å². The van der Waals surface area contributed by atoms with Crippen LogP contribution in [-0.2, 0) is 6.54 Å². The van der Waals surface area contributed by atoms with E-state index in [0.29, 0.717) is 24.6 Å². The molecule has 0 fully saturated rings. The number of nitrogens with one attached hydrogen (secondary N) is 3. The molecule has 8 nitrogen and oxygen atoms in total. The lowest BCUT2D eigenvalue weighted by Gasteiger charge is -2.07. The quantitative estimate of drug-likeness (QED) is 0.206. The first-order valence-electron chi connectivity index (χ1n) is 12.6. The summed E-state index contributed by atoms with van der Waals surface area (Å²) in [6, 6.07) is 14.3. The van der Waals surface area contributed by atoms with Gasteiger partial charge in [0.05, 0.1) is 16.4 Å². The second kappa shape index (κ2) is 10.6. The van der Waals surface area contributed by atoms with Crippen LogP contribution in [0.5, 0.6) is 0 Å². The first-order chi connectivity index (χ1) is 19.2. The van der Waals surface area contributed by atoms with Gasteiger partial charge in [-0.05, 0) is 47.0 Å². The van der Waals surface area contributed by atoms with Gasteiger partial charge in [0.1, 0.15) is 5.69 Å². The van der Waals surface area contributed by atoms with E-state index in [4.69, 9.17) is 4.98 Å². The number of rotatable bonds is 9. The lowest BCUT2D eigenvalue weighted by molar-refractivity contribution is 0.745. The minimum Gasteiger partial charge on any atom is -0.337 e. The molecule has 1 aromatic carbocycles. The molecule has 39 heavy (non-hydrogen) atoms. The first-order valence-corrected chi connectivity index (χ1v) is 12.6. The van der Waals surface area contributed by atoms with Crippen LogP contribution in [0.25, 0.3) is 55.8 Å². The van der Waals surface area contributed by atoms with Gasteiger partial charge in [-0.3, -0.25) is 15.1 Å². The zero-order chi connectivity index (χ0) is 26.6. The maximum Gasteiger partial charge on any atom is 0.181 e. The van der Waals surface area contributed by atoms with E-state index in [1.807, 2.05) is 55.0 Å². The molecule has 0 aliphatic rings. The van der Waals surface area contributed by atoms with Gasteiger partial charge in [0, 0.05) is 60.8 Å². The highest BCUT2D eigenvalue weighted by Gasteiger charge is 2.16. The molecule has 0 aliphatic carbocycles. The van der Waals surface area contributed by atoms with Crippen molar-refractivity contribution in [3.8, 4) is 33.8 Å². The van der Waals surface area contributed by atoms with E-state index in [1.165, 1.54) is 0 Å². The molecule has 0 saturated carbocycles. The number of fused-ring (bicyclic) bond motifs is 2. The maximum atomic E-state index is 4.95. The Hall–Kier alpha value is -5.21. The molecular weight excluding hydrogens is 484 g/mol. The zero-order valence-corrected chi connectivity index (χ0v) is 21.2. The molecule has 5 aromatic heterocycles. The third kappa shape index (κ3) is 4.88. The molecule has 0 unspecified atom stereocenters. The van der Waals surface area contributed by atoms with Crippen LogP contribution >= 0.6 is 0 Å². The highest BCUT2D eigenvalue weighted by molar-refractivity contribution is 5.97. The third-order valence-electron chi connectivity index (χ3n) is 6.53. The van der Waals surface area contributed by atoms with E-state index in [0.717, 1.165) is 55.5 Å². The van der Waals surface area contributed by atoms with Gasteiger partial charge in [-0.15, -0.1) is 0 Å². The fourth-order valence-electron chi connectivity index (χ4n) is 4.60. The number of pyridine rings is 3. The Morgan fingerprint density at radius 2 is 1.82 bits per heavy atom. The third-order valence-corrected chi connectivity index (χ3v) is 6.53. The van der Waals surface area contributed by atoms with Crippen LogP contribution in [0.2, 0.25) is 0 Å². The van der Waals surface area contributed by atoms with Gasteiger partial charge in [-0.25, -0.2) is 9.97 Å². The lowest BCUT2D eigenvalue weighted by atomic mass is 10.1. The predicted octanol–water partition coefficient (Wildman–Crippen LogP) is 6.01. The van der Waals surface area contributed by atoms with Gasteiger partial charge in [0.25, 0.3) is 0 Å². The molecule has 0 bridgehead atoms. The van der Waals surface area contributed by atoms with Gasteiger partial charge in [0.15, 0.2) is 11.5 Å². The Kier molecular flexibility index (Phi) is 6.59. The standard InChI is InChI=1S/C31H26N8/c1-3-6-20(4-2)15-33-16-21-13-23(18-34-17-21)24-14-26-29(38-39-30(26)35-19-24)31-36-27-8-5-7-25(28(27)37-31)22-9-11-32-12-10-22/h3-14,17-19,33H,1-2,15-16H2,(H,36,37)(H,35,38,39). The summed E-state index contributed by atoms with van der Waals surface area (Å²) in [5.74, 6) is 0.703. The van der Waals surface area contributed by atoms with Crippen molar-refractivity contribution in [2.75, 3.05) is 6.54 Å². The van der Waals surface area contributed by atoms with Crippen LogP contribution in [0.4, 0.5) is 0 Å². The number of H-pyrrole nitrogens is 2. The number of hydrogen-bond acceptors (Lipinski definition) is 6. The molecule has 6 aromatic rings. The van der Waals surface area contributed by atoms with E-state index in [1.54, 1.807) is 18.5 Å². The average molecular weight is 511 g/mol. The molecule has 6 rings (SSSR count). The van der Waals surface area contributed by atoms with E-state index in [9.17, 15) is 0 Å². The van der Waals surface area contributed by atoms with Crippen LogP contribution < -0.4 is 5.32 Å². The summed E-state index contributed by atoms with van der Waals surface area (Å²) < 4.78 is 0. The van der Waals surface area contributed by atoms with Crippen LogP contribution in [-0.4, -0.2) is 41.7 Å². The summed E-state index contributed by atoms with van der Waals surface area (Å²) in [6.07, 6.45) is 14.6. The number of allylic oxidation sites excluding steroid dienone is 2. The molecule has 190 valence electrons. The van der Waals surface area contributed by atoms with Crippen LogP contribution in [0.1, 0.15) is 5.56 Å². The lowest BCUT2D eigenvalue weighted by Crippen LogP contribution is -2.16. The monoisotopic (exact) mass is 510 g/mol. The van der Waals surface area contributed by atoms with E-state index < -0.39 is 0 Å². The SMILES string of the molecule is C=CC=C(C=C)CNCc1cncc(-c2cnc3n[nH]c(-c4nc5c(-c6ccncc6)cccc5[nH]4)c3c2)c1. The first kappa shape index (κ1) is 24.1. The number of hydrogen-bond donors (Lipinski definition) is 3.